The van der Waals surface area contributed by atoms with Crippen LogP contribution >= 0.6 is 0 Å². The molecular weight excluding hydrogens is 609 g/mol. The molecular formula is C29H26F5N5O6. The average Bonchev–Trinajstić information content (AvgIpc) is 3.76. The maximum absolute atomic E-state index is 15.3. The van der Waals surface area contributed by atoms with Gasteiger partial charge < -0.3 is 29.5 Å². The van der Waals surface area contributed by atoms with E-state index in [0.29, 0.717) is 31.7 Å². The van der Waals surface area contributed by atoms with Gasteiger partial charge in [0, 0.05) is 43.8 Å². The van der Waals surface area contributed by atoms with Crippen molar-refractivity contribution >= 4 is 45.9 Å². The van der Waals surface area contributed by atoms with Crippen LogP contribution in [0.5, 0.6) is 0 Å². The summed E-state index contributed by atoms with van der Waals surface area (Å²) in [6.45, 7) is 0.438. The highest BCUT2D eigenvalue weighted by atomic mass is 19.4. The number of hydrogen-bond donors (Lipinski definition) is 2. The summed E-state index contributed by atoms with van der Waals surface area (Å²) < 4.78 is 74.6. The normalized spacial score (nSPS) is 18.8. The van der Waals surface area contributed by atoms with Gasteiger partial charge in [0.2, 0.25) is 5.43 Å². The number of carboxylic acid groups (broad SMARTS) is 1. The Morgan fingerprint density at radius 2 is 1.60 bits per heavy atom. The second-order valence-electron chi connectivity index (χ2n) is 11.1. The molecule has 1 saturated carbocycles. The molecule has 6 rings (SSSR count). The van der Waals surface area contributed by atoms with Crippen molar-refractivity contribution in [3.63, 3.8) is 0 Å². The van der Waals surface area contributed by atoms with Gasteiger partial charge in [-0.3, -0.25) is 14.5 Å². The number of cyclic esters (lactones) is 1. The highest BCUT2D eigenvalue weighted by molar-refractivity contribution is 5.94. The van der Waals surface area contributed by atoms with Crippen molar-refractivity contribution in [2.75, 3.05) is 54.0 Å². The van der Waals surface area contributed by atoms with Crippen molar-refractivity contribution in [3.8, 4) is 0 Å². The molecule has 2 saturated heterocycles. The van der Waals surface area contributed by atoms with Crippen LogP contribution in [0.15, 0.2) is 41.3 Å². The van der Waals surface area contributed by atoms with Crippen molar-refractivity contribution < 1.29 is 46.2 Å². The maximum atomic E-state index is 15.3. The quantitative estimate of drug-likeness (QED) is 0.378. The summed E-state index contributed by atoms with van der Waals surface area (Å²) in [5.41, 5.74) is -0.145. The molecule has 0 bridgehead atoms. The summed E-state index contributed by atoms with van der Waals surface area (Å²) in [6.07, 6.45) is -4.10. The van der Waals surface area contributed by atoms with E-state index in [1.165, 1.54) is 18.3 Å². The molecule has 1 aliphatic carbocycles. The molecule has 3 aromatic rings. The van der Waals surface area contributed by atoms with Gasteiger partial charge >= 0.3 is 24.1 Å². The average molecular weight is 636 g/mol. The number of aromatic carboxylic acids is 1. The lowest BCUT2D eigenvalue weighted by atomic mass is 10.1. The number of aromatic nitrogens is 1. The monoisotopic (exact) mass is 635 g/mol. The number of rotatable bonds is 7. The molecule has 0 spiro atoms. The minimum atomic E-state index is -5.08. The topological polar surface area (TPSA) is 124 Å². The Kier molecular flexibility index (Phi) is 7.53. The third-order valence-corrected chi connectivity index (χ3v) is 8.10. The molecule has 2 aromatic carbocycles. The third kappa shape index (κ3) is 5.83. The van der Waals surface area contributed by atoms with Crippen LogP contribution in [0.4, 0.5) is 43.8 Å². The van der Waals surface area contributed by atoms with Crippen LogP contribution in [0.3, 0.4) is 0 Å². The van der Waals surface area contributed by atoms with Gasteiger partial charge in [0.15, 0.2) is 0 Å². The number of ether oxygens (including phenoxy) is 1. The first kappa shape index (κ1) is 30.1. The van der Waals surface area contributed by atoms with E-state index >= 15 is 8.78 Å². The molecule has 0 unspecified atom stereocenters. The van der Waals surface area contributed by atoms with Crippen molar-refractivity contribution in [3.05, 3.63) is 63.9 Å². The first-order valence-electron chi connectivity index (χ1n) is 14.1. The van der Waals surface area contributed by atoms with Gasteiger partial charge in [0.1, 0.15) is 23.3 Å². The third-order valence-electron chi connectivity index (χ3n) is 8.10. The number of fused-ring (bicyclic) bond motifs is 1. The minimum Gasteiger partial charge on any atom is -0.477 e. The van der Waals surface area contributed by atoms with Crippen LogP contribution in [-0.4, -0.2) is 79.2 Å². The Hall–Kier alpha value is -4.89. The molecule has 16 heteroatoms. The van der Waals surface area contributed by atoms with Gasteiger partial charge in [0.05, 0.1) is 35.7 Å². The number of carbonyl (C=O) groups is 3. The number of nitrogens with zero attached hydrogens (tertiary/aromatic N) is 4. The van der Waals surface area contributed by atoms with Gasteiger partial charge in [-0.15, -0.1) is 0 Å². The molecule has 45 heavy (non-hydrogen) atoms. The predicted octanol–water partition coefficient (Wildman–Crippen LogP) is 3.64. The fourth-order valence-electron chi connectivity index (χ4n) is 5.66. The number of pyridine rings is 1. The zero-order valence-electron chi connectivity index (χ0n) is 23.4. The van der Waals surface area contributed by atoms with Gasteiger partial charge in [-0.05, 0) is 43.2 Å². The highest BCUT2D eigenvalue weighted by Gasteiger charge is 2.40. The number of piperazine rings is 1. The van der Waals surface area contributed by atoms with Crippen LogP contribution in [0, 0.1) is 11.6 Å². The summed E-state index contributed by atoms with van der Waals surface area (Å²) in [7, 11) is 0. The Bertz CT molecular complexity index is 1770. The highest BCUT2D eigenvalue weighted by Crippen LogP contribution is 2.38. The number of nitrogens with one attached hydrogen (secondary N) is 1. The molecule has 238 valence electrons. The first-order valence-corrected chi connectivity index (χ1v) is 14.1. The van der Waals surface area contributed by atoms with Gasteiger partial charge in [-0.1, -0.05) is 0 Å². The number of hydrogen-bond acceptors (Lipinski definition) is 7. The molecule has 3 aliphatic rings. The standard InChI is InChI=1S/C29H26F5N5O6/c30-20-9-16(39-13-17(45-28(39)44)12-35-27(43)29(32,33)34)3-4-22(20)36-5-7-37(8-6-36)24-11-23-18(10-21(24)31)25(40)19(26(41)42)14-38(23)15-1-2-15/h3-4,9-11,14-15,17H,1-2,5-8,12-13H2,(H,35,43)(H,41,42)/t17-/m0/s1. The van der Waals surface area contributed by atoms with E-state index in [1.54, 1.807) is 25.8 Å². The van der Waals surface area contributed by atoms with Crippen molar-refractivity contribution in [1.82, 2.24) is 9.88 Å². The van der Waals surface area contributed by atoms with Gasteiger partial charge in [0.25, 0.3) is 0 Å². The molecule has 2 N–H and O–H groups in total. The number of alkyl halides is 3. The smallest absolute Gasteiger partial charge is 0.471 e. The predicted molar refractivity (Wildman–Crippen MR) is 151 cm³/mol. The Morgan fingerprint density at radius 3 is 2.20 bits per heavy atom. The largest absolute Gasteiger partial charge is 0.477 e. The lowest BCUT2D eigenvalue weighted by molar-refractivity contribution is -0.173. The number of benzene rings is 2. The number of halogens is 5. The summed E-state index contributed by atoms with van der Waals surface area (Å²) in [4.78, 5) is 52.3. The molecule has 2 aliphatic heterocycles. The Morgan fingerprint density at radius 1 is 0.956 bits per heavy atom. The Labute approximate surface area is 251 Å². The van der Waals surface area contributed by atoms with E-state index in [2.05, 4.69) is 0 Å². The molecule has 3 heterocycles. The van der Waals surface area contributed by atoms with Crippen LogP contribution in [0.1, 0.15) is 29.2 Å². The minimum absolute atomic E-state index is 0.0110. The molecule has 2 amide bonds. The lowest BCUT2D eigenvalue weighted by Gasteiger charge is -2.37. The van der Waals surface area contributed by atoms with E-state index < -0.39 is 59.4 Å². The fourth-order valence-corrected chi connectivity index (χ4v) is 5.66. The maximum Gasteiger partial charge on any atom is 0.471 e. The summed E-state index contributed by atoms with van der Waals surface area (Å²) >= 11 is 0. The van der Waals surface area contributed by atoms with Crippen LogP contribution < -0.4 is 25.4 Å². The first-order chi connectivity index (χ1) is 21.3. The van der Waals surface area contributed by atoms with Crippen LogP contribution in [0.2, 0.25) is 0 Å². The van der Waals surface area contributed by atoms with Crippen molar-refractivity contribution in [1.29, 1.82) is 0 Å². The number of carboxylic acids is 1. The van der Waals surface area contributed by atoms with Crippen LogP contribution in [0.25, 0.3) is 10.9 Å². The summed E-state index contributed by atoms with van der Waals surface area (Å²) in [6, 6.07) is 6.67. The zero-order chi connectivity index (χ0) is 32.2. The fraction of sp³-hybridized carbons (Fsp3) is 0.379. The number of amides is 2. The number of anilines is 3. The van der Waals surface area contributed by atoms with E-state index in [-0.39, 0.29) is 35.0 Å². The molecule has 0 radical (unpaired) electrons. The van der Waals surface area contributed by atoms with E-state index in [9.17, 15) is 37.5 Å². The van der Waals surface area contributed by atoms with E-state index in [4.69, 9.17) is 4.74 Å². The summed E-state index contributed by atoms with van der Waals surface area (Å²) in [5.74, 6) is -4.88. The van der Waals surface area contributed by atoms with E-state index in [0.717, 1.165) is 29.9 Å². The van der Waals surface area contributed by atoms with Gasteiger partial charge in [-0.25, -0.2) is 18.4 Å². The summed E-state index contributed by atoms with van der Waals surface area (Å²) in [5, 5.41) is 11.1. The van der Waals surface area contributed by atoms with E-state index in [1.807, 2.05) is 0 Å². The molecule has 3 fully saturated rings. The molecule has 1 atom stereocenters. The number of carbonyl (C=O) groups excluding carboxylic acids is 2. The van der Waals surface area contributed by atoms with Crippen LogP contribution in [-0.2, 0) is 9.53 Å². The van der Waals surface area contributed by atoms with Crippen molar-refractivity contribution in [2.45, 2.75) is 31.2 Å². The zero-order valence-corrected chi connectivity index (χ0v) is 23.4. The SMILES string of the molecule is O=C(O)c1cn(C2CC2)c2cc(N3CCN(c4ccc(N5C[C@H](CNC(=O)C(F)(F)F)OC5=O)cc4F)CC3)c(F)cc2c1=O. The second-order valence-corrected chi connectivity index (χ2v) is 11.1. The van der Waals surface area contributed by atoms with Gasteiger partial charge in [-0.2, -0.15) is 13.2 Å². The Balaban J connectivity index is 1.14. The molecule has 11 nitrogen and oxygen atoms in total. The molecule has 1 aromatic heterocycles. The van der Waals surface area contributed by atoms with Crippen molar-refractivity contribution in [2.24, 2.45) is 0 Å². The second kappa shape index (κ2) is 11.2. The lowest BCUT2D eigenvalue weighted by Crippen LogP contribution is -2.47.